The molecule has 0 bridgehead atoms. The summed E-state index contributed by atoms with van der Waals surface area (Å²) in [5, 5.41) is 3.23. The van der Waals surface area contributed by atoms with Crippen molar-refractivity contribution < 1.29 is 9.59 Å². The summed E-state index contributed by atoms with van der Waals surface area (Å²) in [6, 6.07) is 7.47. The first kappa shape index (κ1) is 21.7. The van der Waals surface area contributed by atoms with E-state index in [2.05, 4.69) is 12.2 Å². The smallest absolute Gasteiger partial charge is 0.247 e. The Hall–Kier alpha value is -1.55. The molecule has 2 rings (SSSR count). The second-order valence-electron chi connectivity index (χ2n) is 7.58. The molecule has 150 valence electrons. The summed E-state index contributed by atoms with van der Waals surface area (Å²) in [7, 11) is 0. The molecule has 0 radical (unpaired) electrons. The van der Waals surface area contributed by atoms with Crippen LogP contribution in [0.3, 0.4) is 0 Å². The van der Waals surface area contributed by atoms with Crippen LogP contribution in [0.1, 0.15) is 75.5 Å². The van der Waals surface area contributed by atoms with E-state index in [4.69, 9.17) is 11.6 Å². The molecule has 0 saturated heterocycles. The summed E-state index contributed by atoms with van der Waals surface area (Å²) in [6.07, 6.45) is 8.62. The highest BCUT2D eigenvalue weighted by Crippen LogP contribution is 2.25. The van der Waals surface area contributed by atoms with Crippen molar-refractivity contribution in [1.82, 2.24) is 10.2 Å². The van der Waals surface area contributed by atoms with Gasteiger partial charge in [0.1, 0.15) is 11.9 Å². The molecule has 0 spiro atoms. The number of rotatable bonds is 8. The number of nitrogens with zero attached hydrogens (tertiary/aromatic N) is 1. The summed E-state index contributed by atoms with van der Waals surface area (Å²) in [6.45, 7) is 4.64. The van der Waals surface area contributed by atoms with Crippen LogP contribution in [0.25, 0.3) is 0 Å². The van der Waals surface area contributed by atoms with Crippen molar-refractivity contribution in [2.45, 2.75) is 77.3 Å². The predicted molar refractivity (Wildman–Crippen MR) is 111 cm³/mol. The molecule has 0 aliphatic heterocycles. The number of carbonyl (C=O) groups is 2. The molecule has 1 aromatic rings. The number of amides is 2. The van der Waals surface area contributed by atoms with Crippen molar-refractivity contribution in [2.75, 3.05) is 12.4 Å². The summed E-state index contributed by atoms with van der Waals surface area (Å²) >= 11 is 5.88. The van der Waals surface area contributed by atoms with Crippen molar-refractivity contribution in [1.29, 1.82) is 0 Å². The quantitative estimate of drug-likeness (QED) is 0.513. The van der Waals surface area contributed by atoms with E-state index >= 15 is 0 Å². The Bertz CT molecular complexity index is 595. The van der Waals surface area contributed by atoms with Crippen LogP contribution >= 0.6 is 11.6 Å². The van der Waals surface area contributed by atoms with Crippen LogP contribution in [-0.2, 0) is 9.59 Å². The topological polar surface area (TPSA) is 49.4 Å². The summed E-state index contributed by atoms with van der Waals surface area (Å²) in [4.78, 5) is 27.5. The lowest BCUT2D eigenvalue weighted by Crippen LogP contribution is -2.47. The molecule has 0 heterocycles. The van der Waals surface area contributed by atoms with Gasteiger partial charge in [-0.1, -0.05) is 68.9 Å². The maximum atomic E-state index is 13.3. The van der Waals surface area contributed by atoms with Gasteiger partial charge in [0.2, 0.25) is 11.8 Å². The van der Waals surface area contributed by atoms with Crippen LogP contribution < -0.4 is 5.32 Å². The van der Waals surface area contributed by atoms with Crippen LogP contribution in [0.5, 0.6) is 0 Å². The van der Waals surface area contributed by atoms with E-state index in [1.165, 1.54) is 12.8 Å². The maximum Gasteiger partial charge on any atom is 0.247 e. The van der Waals surface area contributed by atoms with Gasteiger partial charge in [0.25, 0.3) is 0 Å². The lowest BCUT2D eigenvalue weighted by molar-refractivity contribution is -0.139. The molecule has 0 aromatic heterocycles. The van der Waals surface area contributed by atoms with Crippen molar-refractivity contribution in [2.24, 2.45) is 0 Å². The summed E-state index contributed by atoms with van der Waals surface area (Å²) in [5.41, 5.74) is 1.98. The molecule has 5 heteroatoms. The van der Waals surface area contributed by atoms with Gasteiger partial charge in [-0.05, 0) is 31.7 Å². The molecule has 27 heavy (non-hydrogen) atoms. The number of benzene rings is 1. The molecular formula is C22H33ClN2O2. The highest BCUT2D eigenvalue weighted by molar-refractivity contribution is 6.27. The molecule has 1 N–H and O–H groups in total. The normalized spacial score (nSPS) is 16.4. The number of alkyl halides is 1. The monoisotopic (exact) mass is 392 g/mol. The molecule has 1 aliphatic carbocycles. The average Bonchev–Trinajstić information content (AvgIpc) is 2.94. The Morgan fingerprint density at radius 1 is 1.15 bits per heavy atom. The Morgan fingerprint density at radius 3 is 2.33 bits per heavy atom. The Labute approximate surface area is 168 Å². The van der Waals surface area contributed by atoms with Gasteiger partial charge in [-0.3, -0.25) is 9.59 Å². The van der Waals surface area contributed by atoms with Gasteiger partial charge in [-0.15, -0.1) is 11.6 Å². The van der Waals surface area contributed by atoms with E-state index < -0.39 is 6.04 Å². The predicted octanol–water partition coefficient (Wildman–Crippen LogP) is 4.74. The fraction of sp³-hybridized carbons (Fsp3) is 0.636. The molecule has 1 saturated carbocycles. The number of halogens is 1. The molecule has 4 nitrogen and oxygen atoms in total. The van der Waals surface area contributed by atoms with E-state index in [0.717, 1.165) is 49.7 Å². The van der Waals surface area contributed by atoms with Crippen molar-refractivity contribution in [3.05, 3.63) is 35.4 Å². The van der Waals surface area contributed by atoms with Crippen LogP contribution in [-0.4, -0.2) is 35.2 Å². The molecule has 0 unspecified atom stereocenters. The van der Waals surface area contributed by atoms with Gasteiger partial charge in [0.15, 0.2) is 0 Å². The van der Waals surface area contributed by atoms with Crippen LogP contribution in [0.4, 0.5) is 0 Å². The van der Waals surface area contributed by atoms with Gasteiger partial charge >= 0.3 is 0 Å². The summed E-state index contributed by atoms with van der Waals surface area (Å²) in [5.74, 6) is -0.380. The number of aryl methyl sites for hydroxylation is 1. The second-order valence-corrected chi connectivity index (χ2v) is 7.85. The van der Waals surface area contributed by atoms with E-state index in [-0.39, 0.29) is 23.7 Å². The first-order valence-electron chi connectivity index (χ1n) is 10.3. The number of carbonyl (C=O) groups excluding carboxylic acids is 2. The van der Waals surface area contributed by atoms with E-state index in [1.807, 2.05) is 31.2 Å². The first-order chi connectivity index (χ1) is 13.1. The minimum absolute atomic E-state index is 0.0830. The highest BCUT2D eigenvalue weighted by atomic mass is 35.5. The number of hydrogen-bond acceptors (Lipinski definition) is 2. The third-order valence-electron chi connectivity index (χ3n) is 5.34. The largest absolute Gasteiger partial charge is 0.351 e. The zero-order valence-electron chi connectivity index (χ0n) is 16.7. The number of hydrogen-bond donors (Lipinski definition) is 1. The van der Waals surface area contributed by atoms with Crippen molar-refractivity contribution in [3.63, 3.8) is 0 Å². The van der Waals surface area contributed by atoms with Gasteiger partial charge in [0.05, 0.1) is 0 Å². The Morgan fingerprint density at radius 2 is 1.78 bits per heavy atom. The molecule has 1 atom stereocenters. The van der Waals surface area contributed by atoms with E-state index in [1.54, 1.807) is 4.90 Å². The minimum Gasteiger partial charge on any atom is -0.351 e. The average molecular weight is 393 g/mol. The molecule has 1 aliphatic rings. The lowest BCUT2D eigenvalue weighted by Gasteiger charge is -2.32. The van der Waals surface area contributed by atoms with Gasteiger partial charge < -0.3 is 10.2 Å². The molecule has 1 aromatic carbocycles. The summed E-state index contributed by atoms with van der Waals surface area (Å²) < 4.78 is 0. The third kappa shape index (κ3) is 6.53. The van der Waals surface area contributed by atoms with E-state index in [9.17, 15) is 9.59 Å². The molecule has 2 amide bonds. The van der Waals surface area contributed by atoms with Gasteiger partial charge in [-0.25, -0.2) is 0 Å². The van der Waals surface area contributed by atoms with E-state index in [0.29, 0.717) is 6.54 Å². The number of nitrogens with one attached hydrogen (secondary N) is 1. The van der Waals surface area contributed by atoms with Gasteiger partial charge in [0, 0.05) is 12.6 Å². The van der Waals surface area contributed by atoms with Crippen molar-refractivity contribution >= 4 is 23.4 Å². The lowest BCUT2D eigenvalue weighted by atomic mass is 10.0. The van der Waals surface area contributed by atoms with Crippen LogP contribution in [0.2, 0.25) is 0 Å². The van der Waals surface area contributed by atoms with Crippen LogP contribution in [0.15, 0.2) is 24.3 Å². The SMILES string of the molecule is CCCCN(C(=O)CCl)[C@@H](C(=O)NC1CCCCCC1)c1ccc(C)cc1. The molecule has 1 fully saturated rings. The Balaban J connectivity index is 2.27. The zero-order chi connectivity index (χ0) is 19.6. The van der Waals surface area contributed by atoms with Gasteiger partial charge in [-0.2, -0.15) is 0 Å². The second kappa shape index (κ2) is 11.3. The fourth-order valence-electron chi connectivity index (χ4n) is 3.73. The Kier molecular flexibility index (Phi) is 9.12. The van der Waals surface area contributed by atoms with Crippen LogP contribution in [0, 0.1) is 6.92 Å². The van der Waals surface area contributed by atoms with Crippen molar-refractivity contribution in [3.8, 4) is 0 Å². The minimum atomic E-state index is -0.619. The first-order valence-corrected chi connectivity index (χ1v) is 10.8. The highest BCUT2D eigenvalue weighted by Gasteiger charge is 2.31. The third-order valence-corrected chi connectivity index (χ3v) is 5.57. The standard InChI is InChI=1S/C22H33ClN2O2/c1-3-4-15-25(20(26)16-23)21(18-13-11-17(2)12-14-18)22(27)24-19-9-7-5-6-8-10-19/h11-14,19,21H,3-10,15-16H2,1-2H3,(H,24,27)/t21-/m1/s1. The maximum absolute atomic E-state index is 13.3. The zero-order valence-corrected chi connectivity index (χ0v) is 17.4. The fourth-order valence-corrected chi connectivity index (χ4v) is 3.88. The molecular weight excluding hydrogens is 360 g/mol. The number of unbranched alkanes of at least 4 members (excludes halogenated alkanes) is 1.